The summed E-state index contributed by atoms with van der Waals surface area (Å²) >= 11 is 6.02. The molecule has 0 atom stereocenters. The maximum absolute atomic E-state index is 12.5. The molecule has 1 heterocycles. The average molecular weight is 393 g/mol. The van der Waals surface area contributed by atoms with Crippen molar-refractivity contribution >= 4 is 33.2 Å². The number of carbonyl (C=O) groups excluding carboxylic acids is 1. The molecule has 5 nitrogen and oxygen atoms in total. The van der Waals surface area contributed by atoms with Gasteiger partial charge < -0.3 is 5.32 Å². The lowest BCUT2D eigenvalue weighted by molar-refractivity contribution is -0.116. The molecule has 138 valence electrons. The van der Waals surface area contributed by atoms with E-state index in [2.05, 4.69) is 5.32 Å². The number of carbonyl (C=O) groups is 1. The molecule has 1 fully saturated rings. The van der Waals surface area contributed by atoms with Gasteiger partial charge in [-0.1, -0.05) is 35.9 Å². The molecular formula is C19H21ClN2O3S. The van der Waals surface area contributed by atoms with E-state index in [-0.39, 0.29) is 5.91 Å². The summed E-state index contributed by atoms with van der Waals surface area (Å²) in [5, 5.41) is 3.28. The summed E-state index contributed by atoms with van der Waals surface area (Å²) in [6, 6.07) is 13.9. The molecule has 1 saturated heterocycles. The van der Waals surface area contributed by atoms with Gasteiger partial charge >= 0.3 is 0 Å². The lowest BCUT2D eigenvalue weighted by atomic mass is 10.1. The molecule has 0 aliphatic carbocycles. The maximum atomic E-state index is 12.5. The van der Waals surface area contributed by atoms with Crippen molar-refractivity contribution in [3.63, 3.8) is 0 Å². The van der Waals surface area contributed by atoms with Gasteiger partial charge in [0, 0.05) is 19.5 Å². The number of para-hydroxylation sites is 1. The molecule has 0 aromatic heterocycles. The molecule has 1 aliphatic rings. The van der Waals surface area contributed by atoms with E-state index < -0.39 is 10.0 Å². The highest BCUT2D eigenvalue weighted by molar-refractivity contribution is 7.89. The fraction of sp³-hybridized carbons (Fsp3) is 0.316. The zero-order valence-electron chi connectivity index (χ0n) is 14.3. The predicted molar refractivity (Wildman–Crippen MR) is 103 cm³/mol. The summed E-state index contributed by atoms with van der Waals surface area (Å²) in [4.78, 5) is 12.4. The van der Waals surface area contributed by atoms with Crippen LogP contribution in [0.5, 0.6) is 0 Å². The Morgan fingerprint density at radius 3 is 2.35 bits per heavy atom. The van der Waals surface area contributed by atoms with Crippen molar-refractivity contribution in [1.29, 1.82) is 0 Å². The number of nitrogens with zero attached hydrogens (tertiary/aromatic N) is 1. The molecule has 1 N–H and O–H groups in total. The lowest BCUT2D eigenvalue weighted by Crippen LogP contribution is -2.27. The minimum absolute atomic E-state index is 0.133. The molecule has 1 aliphatic heterocycles. The van der Waals surface area contributed by atoms with Gasteiger partial charge in [0.15, 0.2) is 0 Å². The Bertz CT molecular complexity index is 876. The van der Waals surface area contributed by atoms with Crippen molar-refractivity contribution < 1.29 is 13.2 Å². The summed E-state index contributed by atoms with van der Waals surface area (Å²) in [5.41, 5.74) is 1.51. The van der Waals surface area contributed by atoms with Crippen LogP contribution in [-0.4, -0.2) is 31.7 Å². The highest BCUT2D eigenvalue weighted by Gasteiger charge is 2.26. The molecule has 0 bridgehead atoms. The molecule has 26 heavy (non-hydrogen) atoms. The minimum atomic E-state index is -3.39. The molecule has 3 rings (SSSR count). The maximum Gasteiger partial charge on any atom is 0.243 e. The average Bonchev–Trinajstić information content (AvgIpc) is 3.18. The van der Waals surface area contributed by atoms with E-state index in [0.29, 0.717) is 41.5 Å². The summed E-state index contributed by atoms with van der Waals surface area (Å²) < 4.78 is 26.5. The van der Waals surface area contributed by atoms with Crippen LogP contribution in [0.25, 0.3) is 0 Å². The number of hydrogen-bond acceptors (Lipinski definition) is 3. The number of halogens is 1. The third-order valence-corrected chi connectivity index (χ3v) is 6.66. The normalized spacial score (nSPS) is 15.1. The van der Waals surface area contributed by atoms with Gasteiger partial charge in [0.25, 0.3) is 0 Å². The molecular weight excluding hydrogens is 372 g/mol. The third-order valence-electron chi connectivity index (χ3n) is 4.41. The van der Waals surface area contributed by atoms with Gasteiger partial charge in [0.1, 0.15) is 0 Å². The largest absolute Gasteiger partial charge is 0.325 e. The first-order valence-electron chi connectivity index (χ1n) is 8.60. The van der Waals surface area contributed by atoms with E-state index in [1.807, 2.05) is 0 Å². The Morgan fingerprint density at radius 1 is 1.04 bits per heavy atom. The number of nitrogens with one attached hydrogen (secondary N) is 1. The van der Waals surface area contributed by atoms with Crippen molar-refractivity contribution in [3.05, 3.63) is 59.1 Å². The zero-order valence-corrected chi connectivity index (χ0v) is 15.9. The van der Waals surface area contributed by atoms with E-state index in [4.69, 9.17) is 11.6 Å². The van der Waals surface area contributed by atoms with Gasteiger partial charge in [-0.25, -0.2) is 8.42 Å². The topological polar surface area (TPSA) is 66.5 Å². The van der Waals surface area contributed by atoms with Crippen LogP contribution < -0.4 is 5.32 Å². The first-order valence-corrected chi connectivity index (χ1v) is 10.4. The van der Waals surface area contributed by atoms with Crippen LogP contribution in [0, 0.1) is 0 Å². The van der Waals surface area contributed by atoms with Crippen molar-refractivity contribution in [1.82, 2.24) is 4.31 Å². The van der Waals surface area contributed by atoms with Gasteiger partial charge in [0.2, 0.25) is 15.9 Å². The Balaban J connectivity index is 1.57. The molecule has 2 aromatic rings. The Kier molecular flexibility index (Phi) is 5.96. The van der Waals surface area contributed by atoms with Gasteiger partial charge in [0.05, 0.1) is 15.6 Å². The van der Waals surface area contributed by atoms with Gasteiger partial charge in [-0.2, -0.15) is 4.31 Å². The second-order valence-corrected chi connectivity index (χ2v) is 8.63. The van der Waals surface area contributed by atoms with Crippen LogP contribution in [0.15, 0.2) is 53.4 Å². The third kappa shape index (κ3) is 4.44. The summed E-state index contributed by atoms with van der Waals surface area (Å²) in [6.07, 6.45) is 2.65. The van der Waals surface area contributed by atoms with Crippen molar-refractivity contribution in [2.45, 2.75) is 30.6 Å². The summed E-state index contributed by atoms with van der Waals surface area (Å²) in [5.74, 6) is -0.133. The SMILES string of the molecule is O=C(CCc1ccc(S(=O)(=O)N2CCCC2)cc1)Nc1ccccc1Cl. The monoisotopic (exact) mass is 392 g/mol. The van der Waals surface area contributed by atoms with E-state index in [1.165, 1.54) is 4.31 Å². The number of sulfonamides is 1. The number of aryl methyl sites for hydroxylation is 1. The van der Waals surface area contributed by atoms with Crippen LogP contribution in [-0.2, 0) is 21.2 Å². The van der Waals surface area contributed by atoms with Crippen molar-refractivity contribution in [2.24, 2.45) is 0 Å². The van der Waals surface area contributed by atoms with Crippen LogP contribution in [0.1, 0.15) is 24.8 Å². The number of anilines is 1. The first kappa shape index (κ1) is 18.9. The van der Waals surface area contributed by atoms with E-state index in [0.717, 1.165) is 18.4 Å². The lowest BCUT2D eigenvalue weighted by Gasteiger charge is -2.15. The highest BCUT2D eigenvalue weighted by atomic mass is 35.5. The molecule has 0 unspecified atom stereocenters. The quantitative estimate of drug-likeness (QED) is 0.815. The minimum Gasteiger partial charge on any atom is -0.325 e. The summed E-state index contributed by atoms with van der Waals surface area (Å²) in [7, 11) is -3.39. The zero-order chi connectivity index (χ0) is 18.6. The summed E-state index contributed by atoms with van der Waals surface area (Å²) in [6.45, 7) is 1.18. The first-order chi connectivity index (χ1) is 12.5. The molecule has 0 radical (unpaired) electrons. The van der Waals surface area contributed by atoms with Crippen molar-refractivity contribution in [3.8, 4) is 0 Å². The molecule has 0 spiro atoms. The second-order valence-electron chi connectivity index (χ2n) is 6.28. The van der Waals surface area contributed by atoms with Crippen LogP contribution in [0.2, 0.25) is 5.02 Å². The smallest absolute Gasteiger partial charge is 0.243 e. The highest BCUT2D eigenvalue weighted by Crippen LogP contribution is 2.22. The number of amides is 1. The van der Waals surface area contributed by atoms with Crippen LogP contribution >= 0.6 is 11.6 Å². The number of hydrogen-bond donors (Lipinski definition) is 1. The van der Waals surface area contributed by atoms with E-state index >= 15 is 0 Å². The van der Waals surface area contributed by atoms with Crippen LogP contribution in [0.3, 0.4) is 0 Å². The Morgan fingerprint density at radius 2 is 1.69 bits per heavy atom. The van der Waals surface area contributed by atoms with E-state index in [1.54, 1.807) is 48.5 Å². The van der Waals surface area contributed by atoms with Gasteiger partial charge in [-0.05, 0) is 49.1 Å². The fourth-order valence-electron chi connectivity index (χ4n) is 2.94. The standard InChI is InChI=1S/C19H21ClN2O3S/c20-17-5-1-2-6-18(17)21-19(23)12-9-15-7-10-16(11-8-15)26(24,25)22-13-3-4-14-22/h1-2,5-8,10-11H,3-4,9,12-14H2,(H,21,23). The fourth-order valence-corrected chi connectivity index (χ4v) is 4.64. The van der Waals surface area contributed by atoms with Gasteiger partial charge in [-0.3, -0.25) is 4.79 Å². The van der Waals surface area contributed by atoms with E-state index in [9.17, 15) is 13.2 Å². The molecule has 1 amide bonds. The van der Waals surface area contributed by atoms with Crippen molar-refractivity contribution in [2.75, 3.05) is 18.4 Å². The van der Waals surface area contributed by atoms with Crippen LogP contribution in [0.4, 0.5) is 5.69 Å². The Hall–Kier alpha value is -1.89. The molecule has 0 saturated carbocycles. The Labute approximate surface area is 159 Å². The second kappa shape index (κ2) is 8.20. The predicted octanol–water partition coefficient (Wildman–Crippen LogP) is 3.70. The van der Waals surface area contributed by atoms with Gasteiger partial charge in [-0.15, -0.1) is 0 Å². The number of benzene rings is 2. The molecule has 2 aromatic carbocycles. The molecule has 7 heteroatoms. The number of rotatable bonds is 6.